The Hall–Kier alpha value is -3.69. The van der Waals surface area contributed by atoms with E-state index in [2.05, 4.69) is 15.2 Å². The van der Waals surface area contributed by atoms with Crippen LogP contribution >= 0.6 is 0 Å². The molecule has 0 atom stereocenters. The molecule has 5 rings (SSSR count). The summed E-state index contributed by atoms with van der Waals surface area (Å²) >= 11 is 0. The first kappa shape index (κ1) is 21.2. The molecule has 0 spiro atoms. The van der Waals surface area contributed by atoms with E-state index in [1.807, 2.05) is 43.3 Å². The van der Waals surface area contributed by atoms with Gasteiger partial charge in [-0.3, -0.25) is 4.98 Å². The fourth-order valence-electron chi connectivity index (χ4n) is 3.67. The predicted molar refractivity (Wildman–Crippen MR) is 125 cm³/mol. The van der Waals surface area contributed by atoms with Crippen LogP contribution in [0.5, 0.6) is 0 Å². The van der Waals surface area contributed by atoms with Crippen LogP contribution in [0.15, 0.2) is 82.2 Å². The molecule has 0 bridgehead atoms. The van der Waals surface area contributed by atoms with Crippen LogP contribution in [-0.4, -0.2) is 46.0 Å². The summed E-state index contributed by atoms with van der Waals surface area (Å²) in [7, 11) is -3.53. The Morgan fingerprint density at radius 3 is 2.36 bits per heavy atom. The highest BCUT2D eigenvalue weighted by atomic mass is 32.2. The summed E-state index contributed by atoms with van der Waals surface area (Å²) in [5, 5.41) is 8.30. The molecule has 0 saturated heterocycles. The SMILES string of the molecule is Cc1ncc(C2=CCN(S(=O)(=O)c3ccccc3)CC2)nc1-c1nnc(-c2ccccc2)o1.[HH]. The number of aromatic nitrogens is 4. The van der Waals surface area contributed by atoms with E-state index >= 15 is 0 Å². The monoisotopic (exact) mass is 461 g/mol. The summed E-state index contributed by atoms with van der Waals surface area (Å²) in [6, 6.07) is 18.0. The van der Waals surface area contributed by atoms with Gasteiger partial charge in [-0.05, 0) is 43.2 Å². The number of nitrogens with zero attached hydrogens (tertiary/aromatic N) is 5. The van der Waals surface area contributed by atoms with Crippen molar-refractivity contribution in [2.24, 2.45) is 0 Å². The lowest BCUT2D eigenvalue weighted by molar-refractivity contribution is 0.441. The van der Waals surface area contributed by atoms with Crippen molar-refractivity contribution in [1.29, 1.82) is 0 Å². The number of aryl methyl sites for hydroxylation is 1. The van der Waals surface area contributed by atoms with E-state index in [0.29, 0.717) is 46.7 Å². The first-order valence-corrected chi connectivity index (χ1v) is 11.9. The lowest BCUT2D eigenvalue weighted by Crippen LogP contribution is -2.34. The van der Waals surface area contributed by atoms with Gasteiger partial charge in [0, 0.05) is 20.1 Å². The summed E-state index contributed by atoms with van der Waals surface area (Å²) < 4.78 is 33.1. The molecule has 1 aliphatic rings. The third-order valence-electron chi connectivity index (χ3n) is 5.49. The molecule has 0 aliphatic carbocycles. The van der Waals surface area contributed by atoms with Crippen LogP contribution in [0.1, 0.15) is 19.2 Å². The van der Waals surface area contributed by atoms with Crippen molar-refractivity contribution in [2.75, 3.05) is 13.1 Å². The smallest absolute Gasteiger partial charge is 0.268 e. The van der Waals surface area contributed by atoms with Gasteiger partial charge in [-0.2, -0.15) is 4.31 Å². The maximum atomic E-state index is 12.9. The highest BCUT2D eigenvalue weighted by Gasteiger charge is 2.27. The van der Waals surface area contributed by atoms with Crippen molar-refractivity contribution >= 4 is 15.6 Å². The van der Waals surface area contributed by atoms with Gasteiger partial charge in [0.2, 0.25) is 15.9 Å². The molecule has 0 unspecified atom stereocenters. The Kier molecular flexibility index (Phi) is 5.57. The summed E-state index contributed by atoms with van der Waals surface area (Å²) in [4.78, 5) is 9.48. The Balaban J connectivity index is 0.00000274. The lowest BCUT2D eigenvalue weighted by Gasteiger charge is -2.25. The Morgan fingerprint density at radius 2 is 1.67 bits per heavy atom. The highest BCUT2D eigenvalue weighted by molar-refractivity contribution is 7.89. The van der Waals surface area contributed by atoms with Gasteiger partial charge < -0.3 is 4.42 Å². The molecular formula is C24H23N5O3S. The number of benzene rings is 2. The van der Waals surface area contributed by atoms with Crippen LogP contribution in [0.4, 0.5) is 0 Å². The number of hydrogen-bond donors (Lipinski definition) is 0. The van der Waals surface area contributed by atoms with Crippen LogP contribution in [0.2, 0.25) is 0 Å². The van der Waals surface area contributed by atoms with E-state index in [-0.39, 0.29) is 7.97 Å². The molecule has 1 aliphatic heterocycles. The largest absolute Gasteiger partial charge is 0.415 e. The fourth-order valence-corrected chi connectivity index (χ4v) is 5.07. The zero-order valence-electron chi connectivity index (χ0n) is 17.9. The zero-order valence-corrected chi connectivity index (χ0v) is 18.7. The zero-order chi connectivity index (χ0) is 22.8. The van der Waals surface area contributed by atoms with Gasteiger partial charge in [0.15, 0.2) is 0 Å². The van der Waals surface area contributed by atoms with Crippen molar-refractivity contribution < 1.29 is 14.3 Å². The van der Waals surface area contributed by atoms with Crippen LogP contribution in [0.25, 0.3) is 28.6 Å². The van der Waals surface area contributed by atoms with Crippen LogP contribution in [-0.2, 0) is 10.0 Å². The minimum absolute atomic E-state index is 0. The fraction of sp³-hybridized carbons (Fsp3) is 0.167. The van der Waals surface area contributed by atoms with Gasteiger partial charge >= 0.3 is 0 Å². The summed E-state index contributed by atoms with van der Waals surface area (Å²) in [6.45, 7) is 2.48. The van der Waals surface area contributed by atoms with E-state index in [1.165, 1.54) is 4.31 Å². The molecule has 0 amide bonds. The number of rotatable bonds is 5. The van der Waals surface area contributed by atoms with Crippen molar-refractivity contribution in [3.05, 3.63) is 84.3 Å². The first-order valence-electron chi connectivity index (χ1n) is 10.5. The lowest BCUT2D eigenvalue weighted by atomic mass is 10.1. The van der Waals surface area contributed by atoms with Gasteiger partial charge in [-0.25, -0.2) is 13.4 Å². The Bertz CT molecular complexity index is 1420. The Labute approximate surface area is 193 Å². The van der Waals surface area contributed by atoms with Gasteiger partial charge in [0.1, 0.15) is 5.69 Å². The van der Waals surface area contributed by atoms with E-state index in [4.69, 9.17) is 9.40 Å². The van der Waals surface area contributed by atoms with Gasteiger partial charge in [-0.1, -0.05) is 42.5 Å². The molecule has 2 aromatic carbocycles. The molecule has 33 heavy (non-hydrogen) atoms. The predicted octanol–water partition coefficient (Wildman–Crippen LogP) is 4.23. The normalized spacial score (nSPS) is 14.8. The van der Waals surface area contributed by atoms with Crippen molar-refractivity contribution in [3.8, 4) is 23.0 Å². The van der Waals surface area contributed by atoms with Crippen LogP contribution in [0.3, 0.4) is 0 Å². The molecular weight excluding hydrogens is 438 g/mol. The molecule has 0 radical (unpaired) electrons. The molecule has 9 heteroatoms. The first-order chi connectivity index (χ1) is 16.0. The number of sulfonamides is 1. The van der Waals surface area contributed by atoms with Crippen LogP contribution < -0.4 is 0 Å². The third-order valence-corrected chi connectivity index (χ3v) is 7.36. The third kappa shape index (κ3) is 4.20. The maximum absolute atomic E-state index is 12.9. The standard InChI is InChI=1S/C24H21N5O3S.H2/c1-17-22(24-28-27-23(32-24)19-8-4-2-5-9-19)26-21(16-25-17)18-12-14-29(15-13-18)33(30,31)20-10-6-3-7-11-20;/h2-12,16H,13-15H2,1H3;1H. The Morgan fingerprint density at radius 1 is 0.970 bits per heavy atom. The molecule has 0 saturated carbocycles. The minimum Gasteiger partial charge on any atom is -0.415 e. The van der Waals surface area contributed by atoms with Crippen molar-refractivity contribution in [2.45, 2.75) is 18.2 Å². The molecule has 0 fully saturated rings. The van der Waals surface area contributed by atoms with Crippen molar-refractivity contribution in [3.63, 3.8) is 0 Å². The van der Waals surface area contributed by atoms with Gasteiger partial charge in [0.25, 0.3) is 5.89 Å². The second-order valence-corrected chi connectivity index (χ2v) is 9.56. The molecule has 2 aromatic heterocycles. The van der Waals surface area contributed by atoms with E-state index < -0.39 is 10.0 Å². The average molecular weight is 462 g/mol. The topological polar surface area (TPSA) is 102 Å². The summed E-state index contributed by atoms with van der Waals surface area (Å²) in [5.41, 5.74) is 3.62. The second kappa shape index (κ2) is 8.68. The van der Waals surface area contributed by atoms with E-state index in [9.17, 15) is 8.42 Å². The number of hydrogen-bond acceptors (Lipinski definition) is 7. The van der Waals surface area contributed by atoms with Crippen LogP contribution in [0, 0.1) is 6.92 Å². The molecule has 3 heterocycles. The molecule has 4 aromatic rings. The van der Waals surface area contributed by atoms with Crippen molar-refractivity contribution in [1.82, 2.24) is 24.5 Å². The summed E-state index contributed by atoms with van der Waals surface area (Å²) in [5.74, 6) is 0.709. The maximum Gasteiger partial charge on any atom is 0.268 e. The average Bonchev–Trinajstić information content (AvgIpc) is 3.36. The highest BCUT2D eigenvalue weighted by Crippen LogP contribution is 2.28. The van der Waals surface area contributed by atoms with E-state index in [1.54, 1.807) is 36.5 Å². The summed E-state index contributed by atoms with van der Waals surface area (Å²) in [6.07, 6.45) is 4.11. The molecule has 8 nitrogen and oxygen atoms in total. The second-order valence-electron chi connectivity index (χ2n) is 7.62. The van der Waals surface area contributed by atoms with Gasteiger partial charge in [0.05, 0.1) is 22.5 Å². The minimum atomic E-state index is -3.53. The van der Waals surface area contributed by atoms with E-state index in [0.717, 1.165) is 11.1 Å². The molecule has 168 valence electrons. The quantitative estimate of drug-likeness (QED) is 0.438. The van der Waals surface area contributed by atoms with Gasteiger partial charge in [-0.15, -0.1) is 10.2 Å². The molecule has 0 N–H and O–H groups in total.